The first-order valence-electron chi connectivity index (χ1n) is 6.04. The van der Waals surface area contributed by atoms with Gasteiger partial charge in [-0.1, -0.05) is 0 Å². The van der Waals surface area contributed by atoms with Crippen LogP contribution in [0.25, 0.3) is 11.2 Å². The van der Waals surface area contributed by atoms with E-state index in [1.165, 1.54) is 0 Å². The highest BCUT2D eigenvalue weighted by Crippen LogP contribution is 2.28. The summed E-state index contributed by atoms with van der Waals surface area (Å²) in [5.74, 6) is 0.595. The first-order chi connectivity index (χ1) is 8.85. The molecule has 0 spiro atoms. The molecule has 0 radical (unpaired) electrons. The Morgan fingerprint density at radius 2 is 2.21 bits per heavy atom. The Morgan fingerprint density at radius 1 is 1.53 bits per heavy atom. The van der Waals surface area contributed by atoms with Crippen LogP contribution < -0.4 is 5.73 Å². The second-order valence-corrected chi connectivity index (χ2v) is 5.58. The molecule has 5 nitrogen and oxygen atoms in total. The number of aromatic nitrogens is 3. The van der Waals surface area contributed by atoms with Crippen molar-refractivity contribution in [1.29, 1.82) is 0 Å². The van der Waals surface area contributed by atoms with Gasteiger partial charge in [-0.05, 0) is 32.4 Å². The predicted octanol–water partition coefficient (Wildman–Crippen LogP) is 2.09. The molecular formula is C13H17ClN4O. The number of carbonyl (C=O) groups excluding carboxylic acids is 1. The van der Waals surface area contributed by atoms with E-state index in [4.69, 9.17) is 17.3 Å². The number of carbonyl (C=O) groups is 1. The molecule has 1 amide bonds. The minimum Gasteiger partial charge on any atom is -0.370 e. The Kier molecular flexibility index (Phi) is 3.49. The third kappa shape index (κ3) is 2.56. The molecule has 0 aliphatic heterocycles. The molecule has 0 aliphatic carbocycles. The largest absolute Gasteiger partial charge is 0.370 e. The van der Waals surface area contributed by atoms with Crippen LogP contribution in [-0.4, -0.2) is 20.4 Å². The lowest BCUT2D eigenvalue weighted by atomic mass is 9.99. The van der Waals surface area contributed by atoms with Gasteiger partial charge in [0.15, 0.2) is 5.65 Å². The molecule has 0 unspecified atom stereocenters. The van der Waals surface area contributed by atoms with Gasteiger partial charge in [0.2, 0.25) is 5.91 Å². The number of hydrogen-bond acceptors (Lipinski definition) is 3. The zero-order valence-corrected chi connectivity index (χ0v) is 12.0. The van der Waals surface area contributed by atoms with Gasteiger partial charge >= 0.3 is 0 Å². The van der Waals surface area contributed by atoms with Crippen molar-refractivity contribution in [3.63, 3.8) is 0 Å². The Bertz CT molecular complexity index is 633. The minimum atomic E-state index is -0.507. The fourth-order valence-corrected chi connectivity index (χ4v) is 2.52. The summed E-state index contributed by atoms with van der Waals surface area (Å²) in [6.07, 6.45) is 1.98. The molecule has 2 aromatic rings. The number of fused-ring (bicyclic) bond motifs is 1. The number of amides is 1. The number of nitrogens with two attached hydrogens (primary N) is 1. The van der Waals surface area contributed by atoms with E-state index in [1.54, 1.807) is 6.20 Å². The summed E-state index contributed by atoms with van der Waals surface area (Å²) in [6.45, 7) is 5.81. The van der Waals surface area contributed by atoms with Gasteiger partial charge in [-0.15, -0.1) is 11.6 Å². The van der Waals surface area contributed by atoms with E-state index in [0.29, 0.717) is 5.82 Å². The van der Waals surface area contributed by atoms with E-state index in [1.807, 2.05) is 31.4 Å². The molecule has 2 N–H and O–H groups in total. The summed E-state index contributed by atoms with van der Waals surface area (Å²) >= 11 is 5.96. The quantitative estimate of drug-likeness (QED) is 0.872. The normalized spacial score (nSPS) is 12.0. The van der Waals surface area contributed by atoms with Crippen LogP contribution in [0.3, 0.4) is 0 Å². The van der Waals surface area contributed by atoms with Crippen molar-refractivity contribution >= 4 is 28.7 Å². The number of pyridine rings is 1. The molecule has 2 aromatic heterocycles. The van der Waals surface area contributed by atoms with Crippen LogP contribution in [0.2, 0.25) is 0 Å². The van der Waals surface area contributed by atoms with Crippen LogP contribution in [0.1, 0.15) is 31.7 Å². The predicted molar refractivity (Wildman–Crippen MR) is 75.0 cm³/mol. The Balaban J connectivity index is 2.66. The van der Waals surface area contributed by atoms with E-state index >= 15 is 0 Å². The zero-order valence-electron chi connectivity index (χ0n) is 11.3. The molecular weight excluding hydrogens is 264 g/mol. The molecule has 0 atom stereocenters. The minimum absolute atomic E-state index is 0.206. The summed E-state index contributed by atoms with van der Waals surface area (Å²) < 4.78 is 1.90. The number of alkyl halides is 1. The summed E-state index contributed by atoms with van der Waals surface area (Å²) in [5, 5.41) is 0. The van der Waals surface area contributed by atoms with Gasteiger partial charge in [0.1, 0.15) is 11.3 Å². The van der Waals surface area contributed by atoms with Crippen LogP contribution >= 0.6 is 11.6 Å². The maximum Gasteiger partial charge on any atom is 0.219 e. The Labute approximate surface area is 116 Å². The number of nitrogens with zero attached hydrogens (tertiary/aromatic N) is 3. The third-order valence-corrected chi connectivity index (χ3v) is 3.27. The van der Waals surface area contributed by atoms with Crippen LogP contribution in [0.4, 0.5) is 0 Å². The van der Waals surface area contributed by atoms with Gasteiger partial charge in [-0.25, -0.2) is 9.97 Å². The number of primary amides is 1. The molecule has 0 bridgehead atoms. The number of imidazole rings is 1. The smallest absolute Gasteiger partial charge is 0.219 e. The molecule has 0 saturated carbocycles. The van der Waals surface area contributed by atoms with Crippen molar-refractivity contribution in [3.05, 3.63) is 23.7 Å². The van der Waals surface area contributed by atoms with Crippen molar-refractivity contribution in [2.24, 2.45) is 5.73 Å². The van der Waals surface area contributed by atoms with Crippen molar-refractivity contribution in [3.8, 4) is 0 Å². The van der Waals surface area contributed by atoms with Gasteiger partial charge < -0.3 is 10.3 Å². The number of aryl methyl sites for hydroxylation is 1. The fraction of sp³-hybridized carbons (Fsp3) is 0.462. The van der Waals surface area contributed by atoms with Gasteiger partial charge in [0, 0.05) is 12.6 Å². The molecule has 102 valence electrons. The maximum absolute atomic E-state index is 11.2. The Morgan fingerprint density at radius 3 is 2.79 bits per heavy atom. The summed E-state index contributed by atoms with van der Waals surface area (Å²) in [7, 11) is 0. The van der Waals surface area contributed by atoms with Crippen molar-refractivity contribution < 1.29 is 4.79 Å². The SMILES string of the molecule is Cc1cnc2c(c1)nc(CCl)n2C(C)(C)CC(N)=O. The number of rotatable bonds is 4. The van der Waals surface area contributed by atoms with Gasteiger partial charge in [-0.3, -0.25) is 4.79 Å². The average molecular weight is 281 g/mol. The molecule has 19 heavy (non-hydrogen) atoms. The van der Waals surface area contributed by atoms with Crippen LogP contribution in [0.5, 0.6) is 0 Å². The first-order valence-corrected chi connectivity index (χ1v) is 6.57. The number of halogens is 1. The molecule has 0 saturated heterocycles. The second kappa shape index (κ2) is 4.81. The fourth-order valence-electron chi connectivity index (χ4n) is 2.34. The summed E-state index contributed by atoms with van der Waals surface area (Å²) in [4.78, 5) is 20.1. The summed E-state index contributed by atoms with van der Waals surface area (Å²) in [6, 6.07) is 1.95. The number of hydrogen-bond donors (Lipinski definition) is 1. The second-order valence-electron chi connectivity index (χ2n) is 5.31. The van der Waals surface area contributed by atoms with Crippen molar-refractivity contribution in [2.75, 3.05) is 0 Å². The van der Waals surface area contributed by atoms with Gasteiger partial charge in [-0.2, -0.15) is 0 Å². The van der Waals surface area contributed by atoms with Crippen LogP contribution in [-0.2, 0) is 16.2 Å². The van der Waals surface area contributed by atoms with E-state index in [-0.39, 0.29) is 18.2 Å². The lowest BCUT2D eigenvalue weighted by molar-refractivity contribution is -0.119. The van der Waals surface area contributed by atoms with Crippen molar-refractivity contribution in [2.45, 2.75) is 38.6 Å². The van der Waals surface area contributed by atoms with E-state index in [9.17, 15) is 4.79 Å². The monoisotopic (exact) mass is 280 g/mol. The lowest BCUT2D eigenvalue weighted by Crippen LogP contribution is -2.33. The van der Waals surface area contributed by atoms with Crippen LogP contribution in [0, 0.1) is 6.92 Å². The zero-order chi connectivity index (χ0) is 14.2. The molecule has 0 aliphatic rings. The maximum atomic E-state index is 11.2. The van der Waals surface area contributed by atoms with E-state index < -0.39 is 5.54 Å². The first kappa shape index (κ1) is 13.8. The average Bonchev–Trinajstić information content (AvgIpc) is 2.65. The third-order valence-electron chi connectivity index (χ3n) is 3.04. The van der Waals surface area contributed by atoms with E-state index in [0.717, 1.165) is 16.7 Å². The van der Waals surface area contributed by atoms with Gasteiger partial charge in [0.25, 0.3) is 0 Å². The molecule has 0 aromatic carbocycles. The molecule has 6 heteroatoms. The topological polar surface area (TPSA) is 73.8 Å². The molecule has 2 heterocycles. The van der Waals surface area contributed by atoms with Crippen LogP contribution in [0.15, 0.2) is 12.3 Å². The van der Waals surface area contributed by atoms with Crippen molar-refractivity contribution in [1.82, 2.24) is 14.5 Å². The molecule has 0 fully saturated rings. The highest BCUT2D eigenvalue weighted by atomic mass is 35.5. The highest BCUT2D eigenvalue weighted by molar-refractivity contribution is 6.16. The Hall–Kier alpha value is -1.62. The highest BCUT2D eigenvalue weighted by Gasteiger charge is 2.28. The molecule has 2 rings (SSSR count). The van der Waals surface area contributed by atoms with E-state index in [2.05, 4.69) is 9.97 Å². The lowest BCUT2D eigenvalue weighted by Gasteiger charge is -2.27. The summed E-state index contributed by atoms with van der Waals surface area (Å²) in [5.41, 5.74) is 7.36. The standard InChI is InChI=1S/C13H17ClN4O/c1-8-4-9-12(16-7-8)18(11(6-14)17-9)13(2,3)5-10(15)19/h4,7H,5-6H2,1-3H3,(H2,15,19). The van der Waals surface area contributed by atoms with Gasteiger partial charge in [0.05, 0.1) is 11.4 Å².